The molecule has 0 bridgehead atoms. The van der Waals surface area contributed by atoms with Gasteiger partial charge in [0.25, 0.3) is 15.9 Å². The van der Waals surface area contributed by atoms with E-state index in [0.29, 0.717) is 29.6 Å². The minimum Gasteiger partial charge on any atom is -0.493 e. The first-order valence-corrected chi connectivity index (χ1v) is 13.5. The number of benzene rings is 2. The zero-order chi connectivity index (χ0) is 24.0. The Morgan fingerprint density at radius 3 is 2.48 bits per heavy atom. The summed E-state index contributed by atoms with van der Waals surface area (Å²) in [6, 6.07) is 11.6. The van der Waals surface area contributed by atoms with Gasteiger partial charge in [-0.15, -0.1) is 4.40 Å². The van der Waals surface area contributed by atoms with Crippen LogP contribution in [0.2, 0.25) is 0 Å². The summed E-state index contributed by atoms with van der Waals surface area (Å²) in [7, 11) is -2.40. The van der Waals surface area contributed by atoms with E-state index in [1.54, 1.807) is 44.4 Å². The number of carbonyl (C=O) groups excluding carboxylic acids is 1. The number of thioether (sulfide) groups is 1. The molecule has 0 spiro atoms. The Morgan fingerprint density at radius 1 is 1.12 bits per heavy atom. The Hall–Kier alpha value is -2.30. The molecule has 0 radical (unpaired) electrons. The van der Waals surface area contributed by atoms with Gasteiger partial charge in [-0.3, -0.25) is 9.69 Å². The zero-order valence-corrected chi connectivity index (χ0v) is 21.8. The number of carbonyl (C=O) groups is 1. The predicted octanol–water partition coefficient (Wildman–Crippen LogP) is 5.32. The quantitative estimate of drug-likeness (QED) is 0.309. The lowest BCUT2D eigenvalue weighted by Crippen LogP contribution is -2.29. The average molecular weight is 554 g/mol. The highest BCUT2D eigenvalue weighted by Crippen LogP contribution is 2.35. The number of amides is 1. The molecule has 1 aliphatic heterocycles. The van der Waals surface area contributed by atoms with Gasteiger partial charge < -0.3 is 9.47 Å². The van der Waals surface area contributed by atoms with Crippen molar-refractivity contribution in [1.29, 1.82) is 0 Å². The molecule has 1 heterocycles. The third-order valence-electron chi connectivity index (χ3n) is 4.75. The summed E-state index contributed by atoms with van der Waals surface area (Å²) in [5, 5.41) is 0.128. The van der Waals surface area contributed by atoms with Crippen molar-refractivity contribution in [2.75, 3.05) is 20.3 Å². The molecule has 33 heavy (non-hydrogen) atoms. The van der Waals surface area contributed by atoms with Gasteiger partial charge in [-0.1, -0.05) is 35.3 Å². The molecule has 0 aliphatic carbocycles. The fourth-order valence-corrected chi connectivity index (χ4v) is 5.50. The molecule has 0 atom stereocenters. The number of sulfonamides is 1. The van der Waals surface area contributed by atoms with E-state index >= 15 is 0 Å². The normalized spacial score (nSPS) is 16.6. The summed E-state index contributed by atoms with van der Waals surface area (Å²) in [5.41, 5.74) is 0.735. The van der Waals surface area contributed by atoms with E-state index in [1.165, 1.54) is 17.0 Å². The van der Waals surface area contributed by atoms with E-state index in [0.717, 1.165) is 34.6 Å². The van der Waals surface area contributed by atoms with Gasteiger partial charge >= 0.3 is 0 Å². The monoisotopic (exact) mass is 552 g/mol. The second kappa shape index (κ2) is 11.2. The molecule has 0 aromatic heterocycles. The molecule has 0 N–H and O–H groups in total. The van der Waals surface area contributed by atoms with Crippen molar-refractivity contribution in [3.63, 3.8) is 0 Å². The van der Waals surface area contributed by atoms with Crippen LogP contribution in [-0.4, -0.2) is 44.7 Å². The molecule has 0 unspecified atom stereocenters. The summed E-state index contributed by atoms with van der Waals surface area (Å²) in [4.78, 5) is 14.7. The highest BCUT2D eigenvalue weighted by atomic mass is 79.9. The van der Waals surface area contributed by atoms with Crippen LogP contribution in [0.15, 0.2) is 61.1 Å². The van der Waals surface area contributed by atoms with Gasteiger partial charge in [0.1, 0.15) is 0 Å². The van der Waals surface area contributed by atoms with Crippen molar-refractivity contribution in [1.82, 2.24) is 4.90 Å². The molecular formula is C23H25BrN2O5S2. The van der Waals surface area contributed by atoms with Crippen molar-refractivity contribution in [2.24, 2.45) is 4.40 Å². The highest BCUT2D eigenvalue weighted by Gasteiger charge is 2.34. The Labute approximate surface area is 207 Å². The predicted molar refractivity (Wildman–Crippen MR) is 135 cm³/mol. The number of hydrogen-bond donors (Lipinski definition) is 0. The van der Waals surface area contributed by atoms with E-state index in [1.807, 2.05) is 6.07 Å². The second-order valence-corrected chi connectivity index (χ2v) is 10.6. The van der Waals surface area contributed by atoms with Crippen LogP contribution >= 0.6 is 27.7 Å². The van der Waals surface area contributed by atoms with E-state index in [9.17, 15) is 13.2 Å². The number of nitrogens with zero attached hydrogens (tertiary/aromatic N) is 2. The molecule has 1 saturated heterocycles. The lowest BCUT2D eigenvalue weighted by atomic mass is 10.2. The number of rotatable bonds is 9. The first-order valence-electron chi connectivity index (χ1n) is 10.4. The molecule has 2 aromatic carbocycles. The number of unbranched alkanes of at least 4 members (excludes halogenated alkanes) is 1. The van der Waals surface area contributed by atoms with Gasteiger partial charge in [0.05, 0.1) is 23.5 Å². The summed E-state index contributed by atoms with van der Waals surface area (Å²) >= 11 is 4.32. The lowest BCUT2D eigenvalue weighted by Gasteiger charge is -2.12. The van der Waals surface area contributed by atoms with Crippen LogP contribution in [0.25, 0.3) is 6.08 Å². The third-order valence-corrected chi connectivity index (χ3v) is 7.69. The Balaban J connectivity index is 1.89. The van der Waals surface area contributed by atoms with E-state index in [2.05, 4.69) is 27.3 Å². The Morgan fingerprint density at radius 2 is 1.85 bits per heavy atom. The smallest absolute Gasteiger partial charge is 0.284 e. The van der Waals surface area contributed by atoms with Gasteiger partial charge in [-0.2, -0.15) is 8.42 Å². The molecule has 2 aromatic rings. The number of amidine groups is 1. The van der Waals surface area contributed by atoms with Crippen molar-refractivity contribution in [2.45, 2.75) is 31.6 Å². The SMILES string of the molecule is CCCCOc1ccc(/C=C2\SC(=NS(=O)(=O)c3ccc(Br)cc3)N(CC)C2=O)cc1OC. The fraction of sp³-hybridized carbons (Fsp3) is 0.304. The number of halogens is 1. The first-order chi connectivity index (χ1) is 15.8. The summed E-state index contributed by atoms with van der Waals surface area (Å²) < 4.78 is 41.4. The topological polar surface area (TPSA) is 85.3 Å². The Bertz CT molecular complexity index is 1180. The zero-order valence-electron chi connectivity index (χ0n) is 18.6. The van der Waals surface area contributed by atoms with Gasteiger partial charge in [-0.25, -0.2) is 0 Å². The standard InChI is InChI=1S/C23H25BrN2O5S2/c1-4-6-13-31-19-12-7-16(14-20(19)30-3)15-21-22(27)26(5-2)23(32-21)25-33(28,29)18-10-8-17(24)9-11-18/h7-12,14-15H,4-6,13H2,1-3H3/b21-15-,25-23?. The number of ether oxygens (including phenoxy) is 2. The van der Waals surface area contributed by atoms with Crippen molar-refractivity contribution in [3.8, 4) is 11.5 Å². The van der Waals surface area contributed by atoms with E-state index in [4.69, 9.17) is 9.47 Å². The molecule has 1 amide bonds. The number of hydrogen-bond acceptors (Lipinski definition) is 6. The molecule has 7 nitrogen and oxygen atoms in total. The molecule has 3 rings (SSSR count). The summed E-state index contributed by atoms with van der Waals surface area (Å²) in [6.45, 7) is 4.76. The minimum absolute atomic E-state index is 0.0585. The maximum absolute atomic E-state index is 12.9. The maximum atomic E-state index is 12.9. The molecule has 1 aliphatic rings. The Kier molecular flexibility index (Phi) is 8.61. The van der Waals surface area contributed by atoms with E-state index < -0.39 is 10.0 Å². The number of methoxy groups -OCH3 is 1. The van der Waals surface area contributed by atoms with Gasteiger partial charge in [0.15, 0.2) is 16.7 Å². The molecule has 176 valence electrons. The maximum Gasteiger partial charge on any atom is 0.284 e. The minimum atomic E-state index is -3.96. The molecule has 0 saturated carbocycles. The van der Waals surface area contributed by atoms with Crippen LogP contribution in [0.1, 0.15) is 32.3 Å². The van der Waals surface area contributed by atoms with Crippen LogP contribution in [0.3, 0.4) is 0 Å². The molecule has 10 heteroatoms. The van der Waals surface area contributed by atoms with Gasteiger partial charge in [0, 0.05) is 11.0 Å². The second-order valence-electron chi connectivity index (χ2n) is 7.08. The van der Waals surface area contributed by atoms with Crippen LogP contribution < -0.4 is 9.47 Å². The van der Waals surface area contributed by atoms with Crippen molar-refractivity contribution in [3.05, 3.63) is 57.4 Å². The highest BCUT2D eigenvalue weighted by molar-refractivity contribution is 9.10. The lowest BCUT2D eigenvalue weighted by molar-refractivity contribution is -0.122. The average Bonchev–Trinajstić information content (AvgIpc) is 3.08. The van der Waals surface area contributed by atoms with Crippen LogP contribution in [0, 0.1) is 0 Å². The molecule has 1 fully saturated rings. The van der Waals surface area contributed by atoms with Gasteiger partial charge in [0.2, 0.25) is 0 Å². The van der Waals surface area contributed by atoms with Crippen LogP contribution in [-0.2, 0) is 14.8 Å². The van der Waals surface area contributed by atoms with Crippen molar-refractivity contribution >= 4 is 54.9 Å². The van der Waals surface area contributed by atoms with Crippen LogP contribution in [0.5, 0.6) is 11.5 Å². The number of likely N-dealkylation sites (N-methyl/N-ethyl adjacent to an activating group) is 1. The van der Waals surface area contributed by atoms with Gasteiger partial charge in [-0.05, 0) is 73.1 Å². The fourth-order valence-electron chi connectivity index (χ4n) is 2.99. The largest absolute Gasteiger partial charge is 0.493 e. The summed E-state index contributed by atoms with van der Waals surface area (Å²) in [6.07, 6.45) is 3.67. The first kappa shape index (κ1) is 25.3. The van der Waals surface area contributed by atoms with Crippen molar-refractivity contribution < 1.29 is 22.7 Å². The third kappa shape index (κ3) is 6.18. The van der Waals surface area contributed by atoms with E-state index in [-0.39, 0.29) is 16.0 Å². The molecular weight excluding hydrogens is 528 g/mol. The summed E-state index contributed by atoms with van der Waals surface area (Å²) in [5.74, 6) is 0.904. The van der Waals surface area contributed by atoms with Crippen LogP contribution in [0.4, 0.5) is 0 Å².